The first-order chi connectivity index (χ1) is 5.74. The van der Waals surface area contributed by atoms with Crippen molar-refractivity contribution in [3.05, 3.63) is 29.0 Å². The second-order valence-corrected chi connectivity index (χ2v) is 2.65. The topological polar surface area (TPSA) is 56.9 Å². The van der Waals surface area contributed by atoms with Gasteiger partial charge in [-0.2, -0.15) is 5.26 Å². The van der Waals surface area contributed by atoms with E-state index in [-0.39, 0.29) is 6.42 Å². The maximum Gasteiger partial charge on any atom is 0.129 e. The summed E-state index contributed by atoms with van der Waals surface area (Å²) in [5, 5.41) is 17.9. The monoisotopic (exact) mass is 182 g/mol. The van der Waals surface area contributed by atoms with Gasteiger partial charge >= 0.3 is 0 Å². The number of hydrogen-bond acceptors (Lipinski definition) is 3. The number of nitriles is 1. The minimum atomic E-state index is -0.839. The van der Waals surface area contributed by atoms with Crippen molar-refractivity contribution >= 4 is 11.6 Å². The van der Waals surface area contributed by atoms with Crippen LogP contribution in [0.1, 0.15) is 18.2 Å². The molecule has 0 fully saturated rings. The second-order valence-electron chi connectivity index (χ2n) is 2.26. The highest BCUT2D eigenvalue weighted by Gasteiger charge is 2.07. The zero-order valence-corrected chi connectivity index (χ0v) is 6.99. The molecule has 1 rings (SSSR count). The van der Waals surface area contributed by atoms with E-state index in [4.69, 9.17) is 16.9 Å². The van der Waals surface area contributed by atoms with Crippen LogP contribution in [0.4, 0.5) is 0 Å². The fourth-order valence-corrected chi connectivity index (χ4v) is 0.971. The van der Waals surface area contributed by atoms with Gasteiger partial charge in [-0.15, -0.1) is 0 Å². The van der Waals surface area contributed by atoms with Crippen molar-refractivity contribution in [3.63, 3.8) is 0 Å². The van der Waals surface area contributed by atoms with Crippen LogP contribution in [-0.4, -0.2) is 10.1 Å². The zero-order valence-electron chi connectivity index (χ0n) is 6.24. The van der Waals surface area contributed by atoms with Gasteiger partial charge < -0.3 is 5.11 Å². The molecule has 1 heterocycles. The third-order valence-electron chi connectivity index (χ3n) is 1.36. The molecule has 1 unspecified atom stereocenters. The van der Waals surface area contributed by atoms with E-state index in [1.165, 1.54) is 0 Å². The van der Waals surface area contributed by atoms with E-state index >= 15 is 0 Å². The minimum Gasteiger partial charge on any atom is -0.386 e. The molecule has 0 aliphatic heterocycles. The van der Waals surface area contributed by atoms with Crippen LogP contribution in [0.5, 0.6) is 0 Å². The minimum absolute atomic E-state index is 0.0351. The molecular formula is C8H7ClN2O. The predicted molar refractivity (Wildman–Crippen MR) is 44.4 cm³/mol. The van der Waals surface area contributed by atoms with Crippen molar-refractivity contribution < 1.29 is 5.11 Å². The molecule has 1 N–H and O–H groups in total. The van der Waals surface area contributed by atoms with Crippen LogP contribution in [0.3, 0.4) is 0 Å². The van der Waals surface area contributed by atoms with Gasteiger partial charge in [0, 0.05) is 0 Å². The molecule has 1 aromatic heterocycles. The Bertz CT molecular complexity index is 308. The number of aromatic nitrogens is 1. The Morgan fingerprint density at radius 3 is 3.00 bits per heavy atom. The first-order valence-electron chi connectivity index (χ1n) is 3.41. The number of aliphatic hydroxyl groups is 1. The van der Waals surface area contributed by atoms with E-state index in [1.54, 1.807) is 18.2 Å². The predicted octanol–water partition coefficient (Wildman–Crippen LogP) is 1.68. The maximum absolute atomic E-state index is 9.30. The molecule has 0 bridgehead atoms. The van der Waals surface area contributed by atoms with Crippen LogP contribution >= 0.6 is 11.6 Å². The van der Waals surface area contributed by atoms with Crippen LogP contribution in [0, 0.1) is 11.3 Å². The molecule has 0 spiro atoms. The lowest BCUT2D eigenvalue weighted by atomic mass is 10.2. The second kappa shape index (κ2) is 4.05. The van der Waals surface area contributed by atoms with Crippen molar-refractivity contribution in [2.45, 2.75) is 12.5 Å². The Balaban J connectivity index is 2.82. The third kappa shape index (κ3) is 2.19. The van der Waals surface area contributed by atoms with Crippen LogP contribution in [0.15, 0.2) is 18.2 Å². The van der Waals surface area contributed by atoms with Crippen LogP contribution in [-0.2, 0) is 0 Å². The molecular weight excluding hydrogens is 176 g/mol. The van der Waals surface area contributed by atoms with Crippen LogP contribution < -0.4 is 0 Å². The summed E-state index contributed by atoms with van der Waals surface area (Å²) < 4.78 is 0. The van der Waals surface area contributed by atoms with Gasteiger partial charge in [-0.1, -0.05) is 17.7 Å². The van der Waals surface area contributed by atoms with Gasteiger partial charge in [-0.25, -0.2) is 4.98 Å². The first-order valence-corrected chi connectivity index (χ1v) is 3.79. The summed E-state index contributed by atoms with van der Waals surface area (Å²) in [4.78, 5) is 3.86. The Morgan fingerprint density at radius 2 is 2.42 bits per heavy atom. The normalized spacial score (nSPS) is 12.1. The lowest BCUT2D eigenvalue weighted by molar-refractivity contribution is 0.178. The molecule has 0 saturated carbocycles. The molecule has 62 valence electrons. The zero-order chi connectivity index (χ0) is 8.97. The van der Waals surface area contributed by atoms with Crippen LogP contribution in [0.25, 0.3) is 0 Å². The van der Waals surface area contributed by atoms with Gasteiger partial charge in [0.25, 0.3) is 0 Å². The fourth-order valence-electron chi connectivity index (χ4n) is 0.801. The first kappa shape index (κ1) is 8.98. The molecule has 0 aromatic carbocycles. The highest BCUT2D eigenvalue weighted by atomic mass is 35.5. The average molecular weight is 183 g/mol. The van der Waals surface area contributed by atoms with E-state index in [1.807, 2.05) is 6.07 Å². The van der Waals surface area contributed by atoms with E-state index < -0.39 is 6.10 Å². The lowest BCUT2D eigenvalue weighted by Gasteiger charge is -2.04. The standard InChI is InChI=1S/C8H7ClN2O/c9-8-3-1-2-6(11-8)7(12)4-5-10/h1-3,7,12H,4H2. The molecule has 4 heteroatoms. The van der Waals surface area contributed by atoms with Crippen LogP contribution in [0.2, 0.25) is 5.15 Å². The Labute approximate surface area is 75.2 Å². The summed E-state index contributed by atoms with van der Waals surface area (Å²) in [5.74, 6) is 0. The lowest BCUT2D eigenvalue weighted by Crippen LogP contribution is -1.98. The van der Waals surface area contributed by atoms with Crippen molar-refractivity contribution in [1.29, 1.82) is 5.26 Å². The summed E-state index contributed by atoms with van der Waals surface area (Å²) in [6.07, 6.45) is -0.804. The summed E-state index contributed by atoms with van der Waals surface area (Å²) >= 11 is 5.58. The Kier molecular flexibility index (Phi) is 3.03. The average Bonchev–Trinajstić information content (AvgIpc) is 2.05. The SMILES string of the molecule is N#CCC(O)c1cccc(Cl)n1. The van der Waals surface area contributed by atoms with Gasteiger partial charge in [-0.3, -0.25) is 0 Å². The van der Waals surface area contributed by atoms with E-state index in [9.17, 15) is 5.11 Å². The molecule has 0 saturated heterocycles. The van der Waals surface area contributed by atoms with E-state index in [2.05, 4.69) is 4.98 Å². The largest absolute Gasteiger partial charge is 0.386 e. The maximum atomic E-state index is 9.30. The Morgan fingerprint density at radius 1 is 1.67 bits per heavy atom. The summed E-state index contributed by atoms with van der Waals surface area (Å²) in [7, 11) is 0. The molecule has 0 aliphatic rings. The molecule has 1 aromatic rings. The number of rotatable bonds is 2. The van der Waals surface area contributed by atoms with Crippen molar-refractivity contribution in [1.82, 2.24) is 4.98 Å². The number of aliphatic hydroxyl groups excluding tert-OH is 1. The summed E-state index contributed by atoms with van der Waals surface area (Å²) in [6.45, 7) is 0. The Hall–Kier alpha value is -1.11. The number of nitrogens with zero attached hydrogens (tertiary/aromatic N) is 2. The molecule has 12 heavy (non-hydrogen) atoms. The van der Waals surface area contributed by atoms with Crippen molar-refractivity contribution in [3.8, 4) is 6.07 Å². The van der Waals surface area contributed by atoms with Gasteiger partial charge in [0.2, 0.25) is 0 Å². The summed E-state index contributed by atoms with van der Waals surface area (Å²) in [5.41, 5.74) is 0.434. The van der Waals surface area contributed by atoms with Gasteiger partial charge in [0.15, 0.2) is 0 Å². The van der Waals surface area contributed by atoms with Gasteiger partial charge in [0.05, 0.1) is 18.2 Å². The highest BCUT2D eigenvalue weighted by molar-refractivity contribution is 6.29. The third-order valence-corrected chi connectivity index (χ3v) is 1.57. The quantitative estimate of drug-likeness (QED) is 0.708. The summed E-state index contributed by atoms with van der Waals surface area (Å²) in [6, 6.07) is 6.79. The highest BCUT2D eigenvalue weighted by Crippen LogP contribution is 2.15. The van der Waals surface area contributed by atoms with Gasteiger partial charge in [-0.05, 0) is 12.1 Å². The molecule has 3 nitrogen and oxygen atoms in total. The molecule has 0 amide bonds. The molecule has 0 radical (unpaired) electrons. The molecule has 0 aliphatic carbocycles. The fraction of sp³-hybridized carbons (Fsp3) is 0.250. The van der Waals surface area contributed by atoms with Gasteiger partial charge in [0.1, 0.15) is 11.3 Å². The van der Waals surface area contributed by atoms with Crippen molar-refractivity contribution in [2.75, 3.05) is 0 Å². The number of pyridine rings is 1. The van der Waals surface area contributed by atoms with E-state index in [0.29, 0.717) is 10.8 Å². The molecule has 1 atom stereocenters. The number of hydrogen-bond donors (Lipinski definition) is 1. The van der Waals surface area contributed by atoms with E-state index in [0.717, 1.165) is 0 Å². The number of halogens is 1. The smallest absolute Gasteiger partial charge is 0.129 e. The van der Waals surface area contributed by atoms with Crippen molar-refractivity contribution in [2.24, 2.45) is 0 Å².